The number of alkyl carbamates (subject to hydrolysis) is 1. The Morgan fingerprint density at radius 3 is 2.59 bits per heavy atom. The molecule has 1 aromatic heterocycles. The molecular formula is C34H46N4O8. The van der Waals surface area contributed by atoms with Gasteiger partial charge in [-0.1, -0.05) is 0 Å². The van der Waals surface area contributed by atoms with Crippen LogP contribution in [0.1, 0.15) is 63.5 Å². The van der Waals surface area contributed by atoms with E-state index in [1.54, 1.807) is 13.0 Å². The summed E-state index contributed by atoms with van der Waals surface area (Å²) in [5.74, 6) is 0.303. The zero-order valence-electron chi connectivity index (χ0n) is 27.3. The van der Waals surface area contributed by atoms with Crippen LogP contribution in [0, 0.1) is 0 Å². The van der Waals surface area contributed by atoms with Gasteiger partial charge in [-0.15, -0.1) is 0 Å². The van der Waals surface area contributed by atoms with E-state index in [4.69, 9.17) is 33.5 Å². The normalized spacial score (nSPS) is 17.1. The molecule has 1 atom stereocenters. The zero-order valence-corrected chi connectivity index (χ0v) is 27.3. The first-order chi connectivity index (χ1) is 22.2. The number of carbonyl (C=O) groups is 2. The Balaban J connectivity index is 1.38. The van der Waals surface area contributed by atoms with Crippen LogP contribution in [0.15, 0.2) is 36.4 Å². The summed E-state index contributed by atoms with van der Waals surface area (Å²) in [4.78, 5) is 26.8. The fourth-order valence-corrected chi connectivity index (χ4v) is 5.50. The molecule has 0 spiro atoms. The third kappa shape index (κ3) is 8.89. The van der Waals surface area contributed by atoms with Crippen molar-refractivity contribution in [3.63, 3.8) is 0 Å². The van der Waals surface area contributed by atoms with Gasteiger partial charge in [0.2, 0.25) is 0 Å². The third-order valence-corrected chi connectivity index (χ3v) is 7.60. The van der Waals surface area contributed by atoms with Crippen molar-refractivity contribution in [3.05, 3.63) is 42.0 Å². The van der Waals surface area contributed by atoms with E-state index in [1.807, 2.05) is 49.7 Å². The second kappa shape index (κ2) is 15.6. The molecule has 250 valence electrons. The van der Waals surface area contributed by atoms with Crippen molar-refractivity contribution in [1.29, 1.82) is 0 Å². The fourth-order valence-electron chi connectivity index (χ4n) is 5.50. The van der Waals surface area contributed by atoms with Crippen molar-refractivity contribution in [2.45, 2.75) is 58.8 Å². The molecule has 2 saturated heterocycles. The van der Waals surface area contributed by atoms with Gasteiger partial charge >= 0.3 is 12.1 Å². The first-order valence-corrected chi connectivity index (χ1v) is 16.2. The number of benzene rings is 2. The molecule has 0 aliphatic carbocycles. The monoisotopic (exact) mass is 638 g/mol. The van der Waals surface area contributed by atoms with Gasteiger partial charge in [0.1, 0.15) is 23.7 Å². The number of nitrogens with one attached hydrogen (secondary N) is 1. The average Bonchev–Trinajstić information content (AvgIpc) is 3.43. The number of morpholine rings is 1. The van der Waals surface area contributed by atoms with Gasteiger partial charge in [-0.3, -0.25) is 0 Å². The topological polar surface area (TPSA) is 123 Å². The Morgan fingerprint density at radius 1 is 1.02 bits per heavy atom. The molecule has 0 bridgehead atoms. The Bertz CT molecular complexity index is 1470. The van der Waals surface area contributed by atoms with Gasteiger partial charge in [-0.2, -0.15) is 5.10 Å². The van der Waals surface area contributed by atoms with E-state index in [0.29, 0.717) is 64.1 Å². The number of rotatable bonds is 12. The van der Waals surface area contributed by atoms with Crippen molar-refractivity contribution in [1.82, 2.24) is 15.1 Å². The third-order valence-electron chi connectivity index (χ3n) is 7.60. The van der Waals surface area contributed by atoms with Crippen molar-refractivity contribution in [2.24, 2.45) is 0 Å². The highest BCUT2D eigenvalue weighted by Crippen LogP contribution is 2.37. The summed E-state index contributed by atoms with van der Waals surface area (Å²) in [7, 11) is 0. The van der Waals surface area contributed by atoms with Gasteiger partial charge in [0, 0.05) is 48.9 Å². The average molecular weight is 639 g/mol. The second-order valence-corrected chi connectivity index (χ2v) is 12.3. The Hall–Kier alpha value is -3.87. The van der Waals surface area contributed by atoms with Crippen LogP contribution in [-0.4, -0.2) is 93.3 Å². The Kier molecular flexibility index (Phi) is 11.4. The van der Waals surface area contributed by atoms with E-state index in [1.165, 1.54) is 0 Å². The molecule has 1 amide bonds. The minimum atomic E-state index is -0.551. The Labute approximate surface area is 270 Å². The molecule has 3 aromatic rings. The molecule has 1 N–H and O–H groups in total. The molecule has 5 rings (SSSR count). The highest BCUT2D eigenvalue weighted by molar-refractivity contribution is 6.00. The van der Waals surface area contributed by atoms with E-state index in [0.717, 1.165) is 60.2 Å². The van der Waals surface area contributed by atoms with E-state index in [-0.39, 0.29) is 12.2 Å². The van der Waals surface area contributed by atoms with Crippen LogP contribution in [-0.2, 0) is 23.7 Å². The SMILES string of the molecule is CCOC(=O)c1ccc2c(c1)c(-c1cc(OCCOCCNC(=O)OC(C)(C)C)cc(N3CCOCC3)c1)nn2C1CCCCO1. The summed E-state index contributed by atoms with van der Waals surface area (Å²) >= 11 is 0. The Morgan fingerprint density at radius 2 is 1.85 bits per heavy atom. The lowest BCUT2D eigenvalue weighted by molar-refractivity contribution is -0.0365. The fraction of sp³-hybridized carbons (Fsp3) is 0.559. The van der Waals surface area contributed by atoms with E-state index >= 15 is 0 Å². The molecule has 1 unspecified atom stereocenters. The van der Waals surface area contributed by atoms with Crippen molar-refractivity contribution in [2.75, 3.05) is 70.8 Å². The summed E-state index contributed by atoms with van der Waals surface area (Å²) in [6.07, 6.45) is 2.30. The number of fused-ring (bicyclic) bond motifs is 1. The quantitative estimate of drug-likeness (QED) is 0.206. The largest absolute Gasteiger partial charge is 0.491 e. The lowest BCUT2D eigenvalue weighted by Gasteiger charge is -2.29. The van der Waals surface area contributed by atoms with Crippen molar-refractivity contribution >= 4 is 28.7 Å². The minimum absolute atomic E-state index is 0.182. The molecule has 3 heterocycles. The number of nitrogens with zero attached hydrogens (tertiary/aromatic N) is 3. The van der Waals surface area contributed by atoms with Gasteiger partial charge in [0.25, 0.3) is 0 Å². The molecule has 46 heavy (non-hydrogen) atoms. The van der Waals surface area contributed by atoms with Crippen LogP contribution >= 0.6 is 0 Å². The molecule has 2 aromatic carbocycles. The van der Waals surface area contributed by atoms with Crippen LogP contribution in [0.25, 0.3) is 22.2 Å². The molecular weight excluding hydrogens is 592 g/mol. The first-order valence-electron chi connectivity index (χ1n) is 16.2. The summed E-state index contributed by atoms with van der Waals surface area (Å²) in [5, 5.41) is 8.62. The van der Waals surface area contributed by atoms with Crippen LogP contribution in [0.2, 0.25) is 0 Å². The molecule has 0 radical (unpaired) electrons. The number of esters is 1. The van der Waals surface area contributed by atoms with Crippen molar-refractivity contribution in [3.8, 4) is 17.0 Å². The summed E-state index contributed by atoms with van der Waals surface area (Å²) in [6.45, 7) is 12.4. The molecule has 2 aliphatic heterocycles. The molecule has 12 nitrogen and oxygen atoms in total. The van der Waals surface area contributed by atoms with Gasteiger partial charge in [-0.05, 0) is 77.3 Å². The van der Waals surface area contributed by atoms with E-state index in [2.05, 4.69) is 16.3 Å². The summed E-state index contributed by atoms with van der Waals surface area (Å²) < 4.78 is 36.1. The highest BCUT2D eigenvalue weighted by atomic mass is 16.6. The van der Waals surface area contributed by atoms with Crippen LogP contribution < -0.4 is 15.0 Å². The van der Waals surface area contributed by atoms with E-state index < -0.39 is 11.7 Å². The minimum Gasteiger partial charge on any atom is -0.491 e. The van der Waals surface area contributed by atoms with Crippen LogP contribution in [0.4, 0.5) is 10.5 Å². The first kappa shape index (κ1) is 33.5. The van der Waals surface area contributed by atoms with Gasteiger partial charge in [0.15, 0.2) is 6.23 Å². The zero-order chi connectivity index (χ0) is 32.5. The number of hydrogen-bond donors (Lipinski definition) is 1. The number of carbonyl (C=O) groups excluding carboxylic acids is 2. The van der Waals surface area contributed by atoms with Gasteiger partial charge < -0.3 is 38.6 Å². The standard InChI is InChI=1S/C34H46N4O8/c1-5-43-32(39)24-9-10-29-28(22-24)31(36-38(29)30-8-6-7-14-45-30)25-20-26(37-12-16-42-17-13-37)23-27(21-25)44-19-18-41-15-11-35-33(40)46-34(2,3)4/h9-10,20-23,30H,5-8,11-19H2,1-4H3,(H,35,40). The molecule has 0 saturated carbocycles. The maximum Gasteiger partial charge on any atom is 0.407 e. The predicted molar refractivity (Wildman–Crippen MR) is 174 cm³/mol. The number of anilines is 1. The number of ether oxygens (including phenoxy) is 6. The maximum absolute atomic E-state index is 12.7. The second-order valence-electron chi connectivity index (χ2n) is 12.3. The van der Waals surface area contributed by atoms with Gasteiger partial charge in [-0.25, -0.2) is 14.3 Å². The van der Waals surface area contributed by atoms with E-state index in [9.17, 15) is 9.59 Å². The van der Waals surface area contributed by atoms with Crippen molar-refractivity contribution < 1.29 is 38.0 Å². The summed E-state index contributed by atoms with van der Waals surface area (Å²) in [5.41, 5.74) is 3.41. The summed E-state index contributed by atoms with van der Waals surface area (Å²) in [6, 6.07) is 11.7. The van der Waals surface area contributed by atoms with Gasteiger partial charge in [0.05, 0.1) is 44.1 Å². The molecule has 12 heteroatoms. The highest BCUT2D eigenvalue weighted by Gasteiger charge is 2.24. The number of hydrogen-bond acceptors (Lipinski definition) is 10. The smallest absolute Gasteiger partial charge is 0.407 e. The number of aromatic nitrogens is 2. The molecule has 2 fully saturated rings. The van der Waals surface area contributed by atoms with Crippen LogP contribution in [0.3, 0.4) is 0 Å². The lowest BCUT2D eigenvalue weighted by atomic mass is 10.0. The van der Waals surface area contributed by atoms with Crippen LogP contribution in [0.5, 0.6) is 5.75 Å². The lowest BCUT2D eigenvalue weighted by Crippen LogP contribution is -2.36. The predicted octanol–water partition coefficient (Wildman–Crippen LogP) is 5.34. The maximum atomic E-state index is 12.7. The number of amides is 1. The molecule has 2 aliphatic rings.